The number of thiazole rings is 1. The Labute approximate surface area is 203 Å². The quantitative estimate of drug-likeness (QED) is 0.402. The van der Waals surface area contributed by atoms with Gasteiger partial charge in [0.2, 0.25) is 0 Å². The second kappa shape index (κ2) is 8.61. The highest BCUT2D eigenvalue weighted by molar-refractivity contribution is 7.80. The van der Waals surface area contributed by atoms with Crippen molar-refractivity contribution in [3.63, 3.8) is 0 Å². The van der Waals surface area contributed by atoms with Crippen molar-refractivity contribution < 1.29 is 0 Å². The molecule has 0 bridgehead atoms. The predicted molar refractivity (Wildman–Crippen MR) is 140 cm³/mol. The molecule has 0 spiro atoms. The molecule has 33 heavy (non-hydrogen) atoms. The standard InChI is InChI=1S/C25H26N6S2/c1-16-15-20(17(2)30(16)25-27-13-14-33-25)23-22(21-7-5-6-12-26-21)28-24(32)31(23)19-10-8-18(9-11-19)29(3)4/h5-15,22-23H,1-4H3,(H,28,32)/t22-,23+/m0/s1. The lowest BCUT2D eigenvalue weighted by Gasteiger charge is -2.28. The molecule has 6 nitrogen and oxygen atoms in total. The van der Waals surface area contributed by atoms with Gasteiger partial charge in [0.25, 0.3) is 0 Å². The van der Waals surface area contributed by atoms with Crippen molar-refractivity contribution in [3.8, 4) is 5.13 Å². The van der Waals surface area contributed by atoms with Crippen LogP contribution in [0.2, 0.25) is 0 Å². The van der Waals surface area contributed by atoms with Gasteiger partial charge in [0.1, 0.15) is 0 Å². The Bertz CT molecular complexity index is 1260. The van der Waals surface area contributed by atoms with Crippen LogP contribution in [0.25, 0.3) is 5.13 Å². The van der Waals surface area contributed by atoms with E-state index >= 15 is 0 Å². The fourth-order valence-corrected chi connectivity index (χ4v) is 5.67. The van der Waals surface area contributed by atoms with Crippen LogP contribution in [0.5, 0.6) is 0 Å². The van der Waals surface area contributed by atoms with E-state index in [0.717, 1.165) is 33.6 Å². The maximum absolute atomic E-state index is 5.88. The van der Waals surface area contributed by atoms with Gasteiger partial charge >= 0.3 is 0 Å². The second-order valence-corrected chi connectivity index (χ2v) is 9.64. The van der Waals surface area contributed by atoms with E-state index in [0.29, 0.717) is 5.11 Å². The zero-order chi connectivity index (χ0) is 23.1. The SMILES string of the molecule is Cc1cc([C@@H]2[C@H](c3ccccn3)NC(=S)N2c2ccc(N(C)C)cc2)c(C)n1-c1nccs1. The van der Waals surface area contributed by atoms with Gasteiger partial charge in [0, 0.05) is 54.6 Å². The molecule has 4 heterocycles. The molecule has 0 saturated carbocycles. The number of hydrogen-bond acceptors (Lipinski definition) is 5. The Hall–Kier alpha value is -3.23. The van der Waals surface area contributed by atoms with Crippen LogP contribution in [0.15, 0.2) is 66.3 Å². The third-order valence-electron chi connectivity index (χ3n) is 6.14. The van der Waals surface area contributed by atoms with Gasteiger partial charge in [-0.15, -0.1) is 11.3 Å². The highest BCUT2D eigenvalue weighted by atomic mass is 32.1. The summed E-state index contributed by atoms with van der Waals surface area (Å²) in [5.74, 6) is 0. The lowest BCUT2D eigenvalue weighted by Crippen LogP contribution is -2.29. The first-order valence-corrected chi connectivity index (χ1v) is 12.1. The Morgan fingerprint density at radius 2 is 1.82 bits per heavy atom. The summed E-state index contributed by atoms with van der Waals surface area (Å²) in [6.07, 6.45) is 3.69. The minimum absolute atomic E-state index is 0.0440. The molecule has 2 atom stereocenters. The molecule has 1 fully saturated rings. The number of nitrogens with one attached hydrogen (secondary N) is 1. The third kappa shape index (κ3) is 3.79. The molecule has 1 aliphatic rings. The molecule has 3 aromatic heterocycles. The van der Waals surface area contributed by atoms with Gasteiger partial charge in [-0.1, -0.05) is 6.07 Å². The largest absolute Gasteiger partial charge is 0.378 e. The molecular formula is C25H26N6S2. The van der Waals surface area contributed by atoms with Crippen LogP contribution in [-0.4, -0.2) is 33.7 Å². The molecule has 8 heteroatoms. The van der Waals surface area contributed by atoms with Crippen LogP contribution >= 0.6 is 23.6 Å². The van der Waals surface area contributed by atoms with Crippen molar-refractivity contribution in [3.05, 3.63) is 88.9 Å². The zero-order valence-corrected chi connectivity index (χ0v) is 20.7. The van der Waals surface area contributed by atoms with Crippen molar-refractivity contribution in [1.82, 2.24) is 19.9 Å². The number of aromatic nitrogens is 3. The fourth-order valence-electron chi connectivity index (χ4n) is 4.57. The molecular weight excluding hydrogens is 448 g/mol. The minimum atomic E-state index is -0.0718. The van der Waals surface area contributed by atoms with Crippen LogP contribution in [0.4, 0.5) is 11.4 Å². The van der Waals surface area contributed by atoms with Crippen molar-refractivity contribution >= 4 is 40.0 Å². The first-order chi connectivity index (χ1) is 16.0. The van der Waals surface area contributed by atoms with Gasteiger partial charge in [-0.05, 0) is 74.1 Å². The van der Waals surface area contributed by atoms with Crippen LogP contribution < -0.4 is 15.1 Å². The van der Waals surface area contributed by atoms with Crippen LogP contribution in [-0.2, 0) is 0 Å². The van der Waals surface area contributed by atoms with Crippen molar-refractivity contribution in [2.75, 3.05) is 23.9 Å². The van der Waals surface area contributed by atoms with E-state index < -0.39 is 0 Å². The van der Waals surface area contributed by atoms with Crippen LogP contribution in [0.3, 0.4) is 0 Å². The molecule has 1 aromatic carbocycles. The number of rotatable bonds is 5. The van der Waals surface area contributed by atoms with Crippen LogP contribution in [0, 0.1) is 13.8 Å². The third-order valence-corrected chi connectivity index (χ3v) is 7.21. The Kier molecular flexibility index (Phi) is 5.64. The van der Waals surface area contributed by atoms with Crippen molar-refractivity contribution in [1.29, 1.82) is 0 Å². The molecule has 1 saturated heterocycles. The molecule has 1 aliphatic heterocycles. The molecule has 168 valence electrons. The molecule has 0 radical (unpaired) electrons. The summed E-state index contributed by atoms with van der Waals surface area (Å²) in [6.45, 7) is 4.29. The predicted octanol–water partition coefficient (Wildman–Crippen LogP) is 5.19. The maximum atomic E-state index is 5.88. The van der Waals surface area contributed by atoms with Gasteiger partial charge in [-0.2, -0.15) is 0 Å². The van der Waals surface area contributed by atoms with E-state index in [-0.39, 0.29) is 12.1 Å². The summed E-state index contributed by atoms with van der Waals surface area (Å²) < 4.78 is 2.23. The summed E-state index contributed by atoms with van der Waals surface area (Å²) in [7, 11) is 4.09. The Morgan fingerprint density at radius 1 is 1.03 bits per heavy atom. The Morgan fingerprint density at radius 3 is 2.45 bits per heavy atom. The summed E-state index contributed by atoms with van der Waals surface area (Å²) in [4.78, 5) is 13.5. The number of nitrogens with zero attached hydrogens (tertiary/aromatic N) is 5. The molecule has 0 aliphatic carbocycles. The lowest BCUT2D eigenvalue weighted by molar-refractivity contribution is 0.565. The average molecular weight is 475 g/mol. The van der Waals surface area contributed by atoms with Gasteiger partial charge in [-0.3, -0.25) is 9.55 Å². The molecule has 0 amide bonds. The first-order valence-electron chi connectivity index (χ1n) is 10.8. The number of aryl methyl sites for hydroxylation is 1. The van der Waals surface area contributed by atoms with E-state index in [1.54, 1.807) is 11.3 Å². The second-order valence-electron chi connectivity index (χ2n) is 8.38. The number of pyridine rings is 1. The van der Waals surface area contributed by atoms with Gasteiger partial charge in [-0.25, -0.2) is 4.98 Å². The molecule has 4 aromatic rings. The maximum Gasteiger partial charge on any atom is 0.193 e. The van der Waals surface area contributed by atoms with E-state index in [1.807, 2.05) is 44.0 Å². The van der Waals surface area contributed by atoms with E-state index in [9.17, 15) is 0 Å². The summed E-state index contributed by atoms with van der Waals surface area (Å²) >= 11 is 7.52. The zero-order valence-electron chi connectivity index (χ0n) is 19.1. The number of benzene rings is 1. The van der Waals surface area contributed by atoms with Crippen LogP contribution in [0.1, 0.15) is 34.7 Å². The van der Waals surface area contributed by atoms with Gasteiger partial charge < -0.3 is 15.1 Å². The number of hydrogen-bond donors (Lipinski definition) is 1. The molecule has 5 rings (SSSR count). The number of anilines is 2. The average Bonchev–Trinajstić information content (AvgIpc) is 3.52. The van der Waals surface area contributed by atoms with E-state index in [1.165, 1.54) is 5.56 Å². The monoisotopic (exact) mass is 474 g/mol. The topological polar surface area (TPSA) is 49.2 Å². The van der Waals surface area contributed by atoms with E-state index in [4.69, 9.17) is 12.2 Å². The van der Waals surface area contributed by atoms with Gasteiger partial charge in [0.05, 0.1) is 17.8 Å². The highest BCUT2D eigenvalue weighted by Crippen LogP contribution is 2.44. The van der Waals surface area contributed by atoms with Crippen molar-refractivity contribution in [2.24, 2.45) is 0 Å². The summed E-state index contributed by atoms with van der Waals surface area (Å²) in [6, 6.07) is 16.7. The fraction of sp³-hybridized carbons (Fsp3) is 0.240. The summed E-state index contributed by atoms with van der Waals surface area (Å²) in [5, 5.41) is 7.24. The number of thiocarbonyl (C=S) groups is 1. The lowest BCUT2D eigenvalue weighted by atomic mass is 9.96. The molecule has 1 N–H and O–H groups in total. The minimum Gasteiger partial charge on any atom is -0.378 e. The molecule has 0 unspecified atom stereocenters. The first kappa shape index (κ1) is 21.6. The normalized spacial score (nSPS) is 17.9. The summed E-state index contributed by atoms with van der Waals surface area (Å²) in [5.41, 5.74) is 6.70. The smallest absolute Gasteiger partial charge is 0.193 e. The van der Waals surface area contributed by atoms with Crippen molar-refractivity contribution in [2.45, 2.75) is 25.9 Å². The van der Waals surface area contributed by atoms with Gasteiger partial charge in [0.15, 0.2) is 10.2 Å². The van der Waals surface area contributed by atoms with E-state index in [2.05, 4.69) is 79.9 Å². The Balaban J connectivity index is 1.65. The highest BCUT2D eigenvalue weighted by Gasteiger charge is 2.42.